The second-order valence-corrected chi connectivity index (χ2v) is 5.48. The summed E-state index contributed by atoms with van der Waals surface area (Å²) in [5.74, 6) is 0.752. The topological polar surface area (TPSA) is 90.2 Å². The van der Waals surface area contributed by atoms with Crippen LogP contribution >= 0.6 is 0 Å². The van der Waals surface area contributed by atoms with E-state index in [9.17, 15) is 10.1 Å². The van der Waals surface area contributed by atoms with Crippen LogP contribution in [0.15, 0.2) is 6.20 Å². The lowest BCUT2D eigenvalue weighted by Gasteiger charge is -2.39. The molecule has 1 fully saturated rings. The van der Waals surface area contributed by atoms with Crippen LogP contribution < -0.4 is 5.73 Å². The van der Waals surface area contributed by atoms with Gasteiger partial charge < -0.3 is 15.8 Å². The third-order valence-corrected chi connectivity index (χ3v) is 4.27. The number of aryl methyl sites for hydroxylation is 1. The number of piperidine rings is 1. The molecule has 0 aromatic carbocycles. The molecule has 2 unspecified atom stereocenters. The molecular weight excluding hydrogens is 258 g/mol. The standard InChI is InChI=1S/C13H23N5O2/c1-10-4-3-5-12(8-14)16(10)6-7-17-11(2)15-9-13(17)18(19)20/h9-10,12H,3-8,14H2,1-2H3. The minimum Gasteiger partial charge on any atom is -0.358 e. The minimum absolute atomic E-state index is 0.0662. The molecule has 0 spiro atoms. The number of hydrogen-bond donors (Lipinski definition) is 1. The third-order valence-electron chi connectivity index (χ3n) is 4.27. The number of hydrogen-bond acceptors (Lipinski definition) is 5. The van der Waals surface area contributed by atoms with Crippen LogP contribution in [-0.2, 0) is 6.54 Å². The maximum absolute atomic E-state index is 11.0. The molecule has 7 heteroatoms. The van der Waals surface area contributed by atoms with Gasteiger partial charge >= 0.3 is 5.82 Å². The van der Waals surface area contributed by atoms with Crippen molar-refractivity contribution >= 4 is 5.82 Å². The molecule has 1 saturated heterocycles. The third kappa shape index (κ3) is 2.99. The molecule has 2 atom stereocenters. The zero-order valence-corrected chi connectivity index (χ0v) is 12.2. The summed E-state index contributed by atoms with van der Waals surface area (Å²) in [7, 11) is 0. The lowest BCUT2D eigenvalue weighted by Crippen LogP contribution is -2.49. The Morgan fingerprint density at radius 2 is 2.25 bits per heavy atom. The Hall–Kier alpha value is -1.47. The first kappa shape index (κ1) is 14.9. The number of aromatic nitrogens is 2. The maximum atomic E-state index is 11.0. The fourth-order valence-corrected chi connectivity index (χ4v) is 3.09. The quantitative estimate of drug-likeness (QED) is 0.649. The molecule has 0 amide bonds. The van der Waals surface area contributed by atoms with Gasteiger partial charge in [-0.25, -0.2) is 9.55 Å². The van der Waals surface area contributed by atoms with Gasteiger partial charge in [0.1, 0.15) is 12.7 Å². The molecule has 1 aliphatic rings. The smallest absolute Gasteiger partial charge is 0.342 e. The molecule has 2 N–H and O–H groups in total. The number of imidazole rings is 1. The van der Waals surface area contributed by atoms with E-state index in [1.807, 2.05) is 0 Å². The van der Waals surface area contributed by atoms with Gasteiger partial charge in [-0.05, 0) is 24.7 Å². The van der Waals surface area contributed by atoms with Crippen LogP contribution in [0.2, 0.25) is 0 Å². The van der Waals surface area contributed by atoms with Gasteiger partial charge in [0.05, 0.1) is 0 Å². The molecule has 20 heavy (non-hydrogen) atoms. The molecule has 112 valence electrons. The highest BCUT2D eigenvalue weighted by Crippen LogP contribution is 2.23. The van der Waals surface area contributed by atoms with Crippen LogP contribution in [0.4, 0.5) is 5.82 Å². The van der Waals surface area contributed by atoms with Crippen molar-refractivity contribution in [2.45, 2.75) is 51.7 Å². The SMILES string of the molecule is Cc1ncc([N+](=O)[O-])n1CCN1C(C)CCCC1CN. The highest BCUT2D eigenvalue weighted by Gasteiger charge is 2.28. The van der Waals surface area contributed by atoms with Gasteiger partial charge in [-0.15, -0.1) is 0 Å². The zero-order chi connectivity index (χ0) is 14.7. The summed E-state index contributed by atoms with van der Waals surface area (Å²) < 4.78 is 1.68. The van der Waals surface area contributed by atoms with E-state index in [-0.39, 0.29) is 10.7 Å². The first-order valence-corrected chi connectivity index (χ1v) is 7.17. The highest BCUT2D eigenvalue weighted by atomic mass is 16.6. The number of nitro groups is 1. The fraction of sp³-hybridized carbons (Fsp3) is 0.769. The molecule has 0 radical (unpaired) electrons. The average molecular weight is 281 g/mol. The molecule has 0 aliphatic carbocycles. The Morgan fingerprint density at radius 1 is 1.50 bits per heavy atom. The van der Waals surface area contributed by atoms with Gasteiger partial charge in [-0.2, -0.15) is 0 Å². The van der Waals surface area contributed by atoms with Crippen molar-refractivity contribution in [2.75, 3.05) is 13.1 Å². The van der Waals surface area contributed by atoms with Crippen molar-refractivity contribution in [3.63, 3.8) is 0 Å². The van der Waals surface area contributed by atoms with E-state index in [4.69, 9.17) is 5.73 Å². The van der Waals surface area contributed by atoms with Crippen LogP contribution in [0.3, 0.4) is 0 Å². The van der Waals surface area contributed by atoms with E-state index in [0.717, 1.165) is 13.0 Å². The van der Waals surface area contributed by atoms with Crippen molar-refractivity contribution in [1.29, 1.82) is 0 Å². The van der Waals surface area contributed by atoms with Crippen molar-refractivity contribution < 1.29 is 4.92 Å². The zero-order valence-electron chi connectivity index (χ0n) is 12.2. The Bertz CT molecular complexity index is 473. The van der Waals surface area contributed by atoms with Gasteiger partial charge in [0.25, 0.3) is 0 Å². The van der Waals surface area contributed by atoms with Gasteiger partial charge in [-0.3, -0.25) is 4.90 Å². The molecule has 1 aliphatic heterocycles. The molecule has 7 nitrogen and oxygen atoms in total. The van der Waals surface area contributed by atoms with E-state index in [1.165, 1.54) is 19.0 Å². The lowest BCUT2D eigenvalue weighted by atomic mass is 9.96. The molecule has 0 bridgehead atoms. The van der Waals surface area contributed by atoms with Crippen molar-refractivity contribution in [1.82, 2.24) is 14.5 Å². The average Bonchev–Trinajstić information content (AvgIpc) is 2.78. The van der Waals surface area contributed by atoms with Crippen molar-refractivity contribution in [3.05, 3.63) is 22.1 Å². The summed E-state index contributed by atoms with van der Waals surface area (Å²) in [4.78, 5) is 17.0. The van der Waals surface area contributed by atoms with E-state index < -0.39 is 0 Å². The van der Waals surface area contributed by atoms with Crippen molar-refractivity contribution in [2.24, 2.45) is 5.73 Å². The summed E-state index contributed by atoms with van der Waals surface area (Å²) in [6.07, 6.45) is 4.83. The minimum atomic E-state index is -0.375. The summed E-state index contributed by atoms with van der Waals surface area (Å²) in [5.41, 5.74) is 5.84. The van der Waals surface area contributed by atoms with Gasteiger partial charge in [0, 0.05) is 32.1 Å². The first-order valence-electron chi connectivity index (χ1n) is 7.17. The second kappa shape index (κ2) is 6.32. The van der Waals surface area contributed by atoms with Crippen LogP contribution in [0.5, 0.6) is 0 Å². The number of rotatable bonds is 5. The van der Waals surface area contributed by atoms with E-state index >= 15 is 0 Å². The Labute approximate surface area is 118 Å². The van der Waals surface area contributed by atoms with Crippen LogP contribution in [0, 0.1) is 17.0 Å². The van der Waals surface area contributed by atoms with Crippen molar-refractivity contribution in [3.8, 4) is 0 Å². The summed E-state index contributed by atoms with van der Waals surface area (Å²) in [6.45, 7) is 6.02. The normalized spacial score (nSPS) is 23.9. The summed E-state index contributed by atoms with van der Waals surface area (Å²) in [5, 5.41) is 11.0. The predicted octanol–water partition coefficient (Wildman–Crippen LogP) is 1.30. The van der Waals surface area contributed by atoms with E-state index in [2.05, 4.69) is 16.8 Å². The predicted molar refractivity (Wildman–Crippen MR) is 76.5 cm³/mol. The summed E-state index contributed by atoms with van der Waals surface area (Å²) >= 11 is 0. The van der Waals surface area contributed by atoms with Crippen LogP contribution in [0.1, 0.15) is 32.0 Å². The number of likely N-dealkylation sites (tertiary alicyclic amines) is 1. The van der Waals surface area contributed by atoms with Gasteiger partial charge in [0.2, 0.25) is 0 Å². The highest BCUT2D eigenvalue weighted by molar-refractivity contribution is 5.18. The number of nitrogens with two attached hydrogens (primary N) is 1. The summed E-state index contributed by atoms with van der Waals surface area (Å²) in [6, 6.07) is 0.877. The van der Waals surface area contributed by atoms with E-state index in [0.29, 0.717) is 31.0 Å². The first-order chi connectivity index (χ1) is 9.54. The molecule has 1 aromatic rings. The second-order valence-electron chi connectivity index (χ2n) is 5.48. The monoisotopic (exact) mass is 281 g/mol. The van der Waals surface area contributed by atoms with Gasteiger partial charge in [-0.1, -0.05) is 6.42 Å². The Balaban J connectivity index is 2.07. The Kier molecular flexibility index (Phi) is 4.72. The van der Waals surface area contributed by atoms with Crippen LogP contribution in [-0.4, -0.2) is 44.5 Å². The molecular formula is C13H23N5O2. The maximum Gasteiger partial charge on any atom is 0.342 e. The van der Waals surface area contributed by atoms with Gasteiger partial charge in [0.15, 0.2) is 5.82 Å². The van der Waals surface area contributed by atoms with Crippen LogP contribution in [0.25, 0.3) is 0 Å². The molecule has 2 heterocycles. The number of nitrogens with zero attached hydrogens (tertiary/aromatic N) is 4. The lowest BCUT2D eigenvalue weighted by molar-refractivity contribution is -0.392. The molecule has 0 saturated carbocycles. The van der Waals surface area contributed by atoms with E-state index in [1.54, 1.807) is 11.5 Å². The largest absolute Gasteiger partial charge is 0.358 e. The molecule has 2 rings (SSSR count). The fourth-order valence-electron chi connectivity index (χ4n) is 3.09. The Morgan fingerprint density at radius 3 is 2.90 bits per heavy atom. The molecule has 1 aromatic heterocycles.